The van der Waals surface area contributed by atoms with Crippen LogP contribution in [0.1, 0.15) is 0 Å². The molecule has 0 amide bonds. The summed E-state index contributed by atoms with van der Waals surface area (Å²) in [6.45, 7) is 0. The lowest BCUT2D eigenvalue weighted by atomic mass is 10.1. The van der Waals surface area contributed by atoms with Gasteiger partial charge >= 0.3 is 0 Å². The number of hydrogen-bond donors (Lipinski definition) is 1. The van der Waals surface area contributed by atoms with E-state index in [1.807, 2.05) is 36.4 Å². The number of H-pyrrole nitrogens is 1. The van der Waals surface area contributed by atoms with E-state index in [9.17, 15) is 4.79 Å². The third-order valence-corrected chi connectivity index (χ3v) is 3.61. The summed E-state index contributed by atoms with van der Waals surface area (Å²) in [6, 6.07) is 13.2. The summed E-state index contributed by atoms with van der Waals surface area (Å²) in [5, 5.41) is 8.14. The Kier molecular flexibility index (Phi) is 3.28. The summed E-state index contributed by atoms with van der Waals surface area (Å²) in [5.74, 6) is 0.783. The average Bonchev–Trinajstić information content (AvgIpc) is 2.48. The molecular formula is C15H11BrN2O2. The lowest BCUT2D eigenvalue weighted by Gasteiger charge is -2.06. The maximum absolute atomic E-state index is 11.9. The lowest BCUT2D eigenvalue weighted by Crippen LogP contribution is -2.09. The van der Waals surface area contributed by atoms with Gasteiger partial charge in [-0.3, -0.25) is 4.79 Å². The van der Waals surface area contributed by atoms with Gasteiger partial charge in [-0.15, -0.1) is 0 Å². The van der Waals surface area contributed by atoms with Crippen molar-refractivity contribution in [2.24, 2.45) is 0 Å². The molecule has 0 atom stereocenters. The molecule has 0 aliphatic carbocycles. The third-order valence-electron chi connectivity index (χ3n) is 3.11. The molecule has 0 saturated carbocycles. The average molecular weight is 331 g/mol. The van der Waals surface area contributed by atoms with Crippen molar-refractivity contribution in [3.8, 4) is 17.0 Å². The number of hydrogen-bond acceptors (Lipinski definition) is 3. The molecule has 100 valence electrons. The summed E-state index contributed by atoms with van der Waals surface area (Å²) in [6.07, 6.45) is 0. The van der Waals surface area contributed by atoms with E-state index in [1.165, 1.54) is 0 Å². The predicted octanol–water partition coefficient (Wildman–Crippen LogP) is 3.36. The molecule has 0 radical (unpaired) electrons. The van der Waals surface area contributed by atoms with Crippen LogP contribution in [0.3, 0.4) is 0 Å². The molecule has 5 heteroatoms. The molecule has 0 spiro atoms. The van der Waals surface area contributed by atoms with Gasteiger partial charge in [0.05, 0.1) is 18.2 Å². The summed E-state index contributed by atoms with van der Waals surface area (Å²) in [4.78, 5) is 11.9. The first-order valence-corrected chi connectivity index (χ1v) is 6.81. The Hall–Kier alpha value is -2.14. The number of rotatable bonds is 2. The van der Waals surface area contributed by atoms with Crippen molar-refractivity contribution in [1.82, 2.24) is 10.2 Å². The van der Waals surface area contributed by atoms with Crippen LogP contribution >= 0.6 is 15.9 Å². The number of aromatic nitrogens is 2. The number of fused-ring (bicyclic) bond motifs is 1. The molecule has 0 saturated heterocycles. The Morgan fingerprint density at radius 2 is 1.85 bits per heavy atom. The number of nitrogens with one attached hydrogen (secondary N) is 1. The standard InChI is InChI=1S/C15H11BrN2O2/c1-20-11-5-2-9(3-6-11)14-12-7-4-10(16)8-13(12)15(19)18-17-14/h2-8H,1H3,(H,18,19). The molecule has 1 heterocycles. The Morgan fingerprint density at radius 1 is 1.10 bits per heavy atom. The van der Waals surface area contributed by atoms with Gasteiger partial charge in [0.2, 0.25) is 0 Å². The first-order chi connectivity index (χ1) is 9.69. The molecule has 2 aromatic carbocycles. The van der Waals surface area contributed by atoms with Gasteiger partial charge < -0.3 is 4.74 Å². The van der Waals surface area contributed by atoms with Crippen LogP contribution in [-0.4, -0.2) is 17.3 Å². The van der Waals surface area contributed by atoms with Crippen molar-refractivity contribution in [2.75, 3.05) is 7.11 Å². The SMILES string of the molecule is COc1ccc(-c2n[nH]c(=O)c3cc(Br)ccc23)cc1. The molecule has 0 bridgehead atoms. The highest BCUT2D eigenvalue weighted by Crippen LogP contribution is 2.27. The molecule has 0 unspecified atom stereocenters. The second-order valence-electron chi connectivity index (χ2n) is 4.32. The van der Waals surface area contributed by atoms with Gasteiger partial charge in [0, 0.05) is 15.4 Å². The van der Waals surface area contributed by atoms with E-state index in [0.29, 0.717) is 5.39 Å². The van der Waals surface area contributed by atoms with Crippen LogP contribution in [-0.2, 0) is 0 Å². The second kappa shape index (κ2) is 5.09. The number of aromatic amines is 1. The largest absolute Gasteiger partial charge is 0.497 e. The van der Waals surface area contributed by atoms with Crippen molar-refractivity contribution in [3.63, 3.8) is 0 Å². The maximum atomic E-state index is 11.9. The Morgan fingerprint density at radius 3 is 2.55 bits per heavy atom. The Labute approximate surface area is 123 Å². The zero-order valence-electron chi connectivity index (χ0n) is 10.7. The molecule has 0 aliphatic heterocycles. The Balaban J connectivity index is 2.25. The zero-order valence-corrected chi connectivity index (χ0v) is 12.3. The van der Waals surface area contributed by atoms with E-state index in [0.717, 1.165) is 26.9 Å². The van der Waals surface area contributed by atoms with E-state index in [2.05, 4.69) is 26.1 Å². The molecule has 1 aromatic heterocycles. The van der Waals surface area contributed by atoms with Gasteiger partial charge in [0.1, 0.15) is 5.75 Å². The van der Waals surface area contributed by atoms with Crippen molar-refractivity contribution in [2.45, 2.75) is 0 Å². The van der Waals surface area contributed by atoms with Crippen LogP contribution in [0, 0.1) is 0 Å². The monoisotopic (exact) mass is 330 g/mol. The summed E-state index contributed by atoms with van der Waals surface area (Å²) in [7, 11) is 1.63. The molecule has 3 aromatic rings. The normalized spacial score (nSPS) is 10.7. The van der Waals surface area contributed by atoms with Crippen LogP contribution in [0.4, 0.5) is 0 Å². The summed E-state index contributed by atoms with van der Waals surface area (Å²) in [5.41, 5.74) is 1.47. The third kappa shape index (κ3) is 2.20. The van der Waals surface area contributed by atoms with Crippen LogP contribution in [0.25, 0.3) is 22.0 Å². The highest BCUT2D eigenvalue weighted by Gasteiger charge is 2.09. The molecular weight excluding hydrogens is 320 g/mol. The fourth-order valence-electron chi connectivity index (χ4n) is 2.11. The van der Waals surface area contributed by atoms with Crippen LogP contribution in [0.5, 0.6) is 5.75 Å². The van der Waals surface area contributed by atoms with E-state index in [1.54, 1.807) is 13.2 Å². The van der Waals surface area contributed by atoms with Gasteiger partial charge in [0.25, 0.3) is 5.56 Å². The van der Waals surface area contributed by atoms with Crippen molar-refractivity contribution < 1.29 is 4.74 Å². The van der Waals surface area contributed by atoms with Gasteiger partial charge in [-0.25, -0.2) is 5.10 Å². The smallest absolute Gasteiger partial charge is 0.272 e. The van der Waals surface area contributed by atoms with Gasteiger partial charge in [-0.2, -0.15) is 5.10 Å². The van der Waals surface area contributed by atoms with E-state index < -0.39 is 0 Å². The number of ether oxygens (including phenoxy) is 1. The van der Waals surface area contributed by atoms with Crippen molar-refractivity contribution in [3.05, 3.63) is 57.3 Å². The number of halogens is 1. The second-order valence-corrected chi connectivity index (χ2v) is 5.24. The minimum Gasteiger partial charge on any atom is -0.497 e. The highest BCUT2D eigenvalue weighted by atomic mass is 79.9. The molecule has 1 N–H and O–H groups in total. The first-order valence-electron chi connectivity index (χ1n) is 6.01. The fraction of sp³-hybridized carbons (Fsp3) is 0.0667. The minimum absolute atomic E-state index is 0.196. The molecule has 0 fully saturated rings. The number of methoxy groups -OCH3 is 1. The van der Waals surface area contributed by atoms with E-state index >= 15 is 0 Å². The van der Waals surface area contributed by atoms with Gasteiger partial charge in [-0.05, 0) is 36.4 Å². The van der Waals surface area contributed by atoms with Gasteiger partial charge in [-0.1, -0.05) is 22.0 Å². The molecule has 0 aliphatic rings. The van der Waals surface area contributed by atoms with Crippen molar-refractivity contribution >= 4 is 26.7 Å². The summed E-state index contributed by atoms with van der Waals surface area (Å²) < 4.78 is 6.01. The Bertz CT molecular complexity index is 825. The zero-order chi connectivity index (χ0) is 14.1. The van der Waals surface area contributed by atoms with Crippen LogP contribution in [0.15, 0.2) is 51.7 Å². The van der Waals surface area contributed by atoms with Crippen molar-refractivity contribution in [1.29, 1.82) is 0 Å². The molecule has 4 nitrogen and oxygen atoms in total. The highest BCUT2D eigenvalue weighted by molar-refractivity contribution is 9.10. The first kappa shape index (κ1) is 12.9. The quantitative estimate of drug-likeness (QED) is 0.783. The number of nitrogens with zero attached hydrogens (tertiary/aromatic N) is 1. The van der Waals surface area contributed by atoms with Crippen LogP contribution < -0.4 is 10.3 Å². The molecule has 20 heavy (non-hydrogen) atoms. The van der Waals surface area contributed by atoms with Crippen LogP contribution in [0.2, 0.25) is 0 Å². The topological polar surface area (TPSA) is 55.0 Å². The van der Waals surface area contributed by atoms with E-state index in [4.69, 9.17) is 4.74 Å². The maximum Gasteiger partial charge on any atom is 0.272 e. The molecule has 3 rings (SSSR count). The van der Waals surface area contributed by atoms with Gasteiger partial charge in [0.15, 0.2) is 0 Å². The summed E-state index contributed by atoms with van der Waals surface area (Å²) >= 11 is 3.38. The number of benzene rings is 2. The lowest BCUT2D eigenvalue weighted by molar-refractivity contribution is 0.415. The predicted molar refractivity (Wildman–Crippen MR) is 82.1 cm³/mol. The minimum atomic E-state index is -0.196. The fourth-order valence-corrected chi connectivity index (χ4v) is 2.47. The van der Waals surface area contributed by atoms with E-state index in [-0.39, 0.29) is 5.56 Å².